The molecule has 1 rings (SSSR count). The van der Waals surface area contributed by atoms with E-state index in [-0.39, 0.29) is 28.6 Å². The Morgan fingerprint density at radius 3 is 2.72 bits per heavy atom. The van der Waals surface area contributed by atoms with Gasteiger partial charge in [0.05, 0.1) is 23.1 Å². The maximum absolute atomic E-state index is 13.4. The van der Waals surface area contributed by atoms with E-state index in [4.69, 9.17) is 21.4 Å². The molecule has 0 heterocycles. The lowest BCUT2D eigenvalue weighted by atomic mass is 10.2. The van der Waals surface area contributed by atoms with Gasteiger partial charge < -0.3 is 9.84 Å². The van der Waals surface area contributed by atoms with Crippen molar-refractivity contribution in [3.8, 4) is 0 Å². The molecule has 0 amide bonds. The van der Waals surface area contributed by atoms with Gasteiger partial charge >= 0.3 is 0 Å². The van der Waals surface area contributed by atoms with Gasteiger partial charge in [-0.2, -0.15) is 0 Å². The van der Waals surface area contributed by atoms with Crippen molar-refractivity contribution in [2.75, 3.05) is 20.3 Å². The predicted molar refractivity (Wildman–Crippen MR) is 64.4 cm³/mol. The van der Waals surface area contributed by atoms with Crippen molar-refractivity contribution in [1.82, 2.24) is 4.72 Å². The topological polar surface area (TPSA) is 75.6 Å². The number of nitrogens with one attached hydrogen (secondary N) is 1. The Balaban J connectivity index is 3.05. The van der Waals surface area contributed by atoms with Gasteiger partial charge in [-0.25, -0.2) is 17.5 Å². The summed E-state index contributed by atoms with van der Waals surface area (Å²) < 4.78 is 43.9. The summed E-state index contributed by atoms with van der Waals surface area (Å²) in [4.78, 5) is -0.287. The highest BCUT2D eigenvalue weighted by Crippen LogP contribution is 2.24. The first kappa shape index (κ1) is 15.3. The molecule has 1 aromatic carbocycles. The van der Waals surface area contributed by atoms with Gasteiger partial charge in [0.1, 0.15) is 5.82 Å². The molecule has 102 valence electrons. The van der Waals surface area contributed by atoms with Crippen LogP contribution in [-0.4, -0.2) is 33.8 Å². The zero-order valence-electron chi connectivity index (χ0n) is 9.61. The zero-order valence-corrected chi connectivity index (χ0v) is 11.2. The third-order valence-electron chi connectivity index (χ3n) is 2.16. The van der Waals surface area contributed by atoms with E-state index < -0.39 is 22.4 Å². The number of hydrogen-bond acceptors (Lipinski definition) is 4. The number of halogens is 2. The van der Waals surface area contributed by atoms with Crippen molar-refractivity contribution >= 4 is 21.6 Å². The second-order valence-corrected chi connectivity index (χ2v) is 5.57. The number of aliphatic hydroxyl groups excluding tert-OH is 1. The smallest absolute Gasteiger partial charge is 0.240 e. The fourth-order valence-electron chi connectivity index (χ4n) is 1.25. The van der Waals surface area contributed by atoms with Crippen molar-refractivity contribution in [2.24, 2.45) is 0 Å². The van der Waals surface area contributed by atoms with Crippen LogP contribution in [0.15, 0.2) is 17.0 Å². The molecule has 0 saturated heterocycles. The molecule has 1 aromatic rings. The lowest BCUT2D eigenvalue weighted by Gasteiger charge is -2.09. The number of benzene rings is 1. The average molecular weight is 298 g/mol. The Morgan fingerprint density at radius 2 is 2.17 bits per heavy atom. The van der Waals surface area contributed by atoms with Gasteiger partial charge in [-0.05, 0) is 12.1 Å². The van der Waals surface area contributed by atoms with Crippen LogP contribution in [-0.2, 0) is 21.4 Å². The molecule has 0 unspecified atom stereocenters. The zero-order chi connectivity index (χ0) is 13.8. The molecule has 5 nitrogen and oxygen atoms in total. The summed E-state index contributed by atoms with van der Waals surface area (Å²) in [6, 6.07) is 1.93. The van der Waals surface area contributed by atoms with E-state index in [2.05, 4.69) is 4.72 Å². The first-order valence-electron chi connectivity index (χ1n) is 4.99. The van der Waals surface area contributed by atoms with Gasteiger partial charge in [-0.15, -0.1) is 0 Å². The number of methoxy groups -OCH3 is 1. The summed E-state index contributed by atoms with van der Waals surface area (Å²) >= 11 is 5.57. The van der Waals surface area contributed by atoms with E-state index in [1.165, 1.54) is 7.11 Å². The molecule has 0 aromatic heterocycles. The summed E-state index contributed by atoms with van der Waals surface area (Å²) in [5.74, 6) is -0.893. The van der Waals surface area contributed by atoms with Gasteiger partial charge in [0.2, 0.25) is 10.0 Å². The summed E-state index contributed by atoms with van der Waals surface area (Å²) in [6.45, 7) is -0.281. The molecule has 0 aliphatic heterocycles. The number of ether oxygens (including phenoxy) is 1. The fourth-order valence-corrected chi connectivity index (χ4v) is 2.49. The van der Waals surface area contributed by atoms with E-state index in [1.54, 1.807) is 0 Å². The fraction of sp³-hybridized carbons (Fsp3) is 0.400. The van der Waals surface area contributed by atoms with Crippen LogP contribution in [0.2, 0.25) is 5.02 Å². The second kappa shape index (κ2) is 6.44. The third-order valence-corrected chi connectivity index (χ3v) is 4.02. The quantitative estimate of drug-likeness (QED) is 0.765. The van der Waals surface area contributed by atoms with Crippen molar-refractivity contribution in [3.05, 3.63) is 28.5 Å². The SMILES string of the molecule is COCCNS(=O)(=O)c1cc(F)c(Cl)c(CO)c1. The van der Waals surface area contributed by atoms with E-state index in [9.17, 15) is 12.8 Å². The first-order chi connectivity index (χ1) is 8.42. The Hall–Kier alpha value is -0.730. The highest BCUT2D eigenvalue weighted by molar-refractivity contribution is 7.89. The lowest BCUT2D eigenvalue weighted by molar-refractivity contribution is 0.204. The van der Waals surface area contributed by atoms with Crippen molar-refractivity contribution in [1.29, 1.82) is 0 Å². The molecule has 0 aliphatic carbocycles. The van der Waals surface area contributed by atoms with Crippen LogP contribution in [0.3, 0.4) is 0 Å². The minimum Gasteiger partial charge on any atom is -0.392 e. The van der Waals surface area contributed by atoms with Gasteiger partial charge in [-0.3, -0.25) is 0 Å². The standard InChI is InChI=1S/C10H13ClFNO4S/c1-17-3-2-13-18(15,16)8-4-7(6-14)10(11)9(12)5-8/h4-5,13-14H,2-3,6H2,1H3. The normalized spacial score (nSPS) is 11.8. The van der Waals surface area contributed by atoms with Crippen LogP contribution in [0.5, 0.6) is 0 Å². The molecule has 18 heavy (non-hydrogen) atoms. The highest BCUT2D eigenvalue weighted by Gasteiger charge is 2.18. The summed E-state index contributed by atoms with van der Waals surface area (Å²) in [6.07, 6.45) is 0. The van der Waals surface area contributed by atoms with Crippen LogP contribution in [0.1, 0.15) is 5.56 Å². The summed E-state index contributed by atoms with van der Waals surface area (Å²) in [5.41, 5.74) is 0.0174. The maximum atomic E-state index is 13.4. The van der Waals surface area contributed by atoms with Crippen LogP contribution < -0.4 is 4.72 Å². The largest absolute Gasteiger partial charge is 0.392 e. The van der Waals surface area contributed by atoms with E-state index in [0.29, 0.717) is 0 Å². The molecule has 0 radical (unpaired) electrons. The molecule has 0 aliphatic rings. The number of sulfonamides is 1. The number of aliphatic hydroxyl groups is 1. The van der Waals surface area contributed by atoms with E-state index in [1.807, 2.05) is 0 Å². The van der Waals surface area contributed by atoms with Gasteiger partial charge in [-0.1, -0.05) is 11.6 Å². The Bertz CT molecular complexity index is 521. The van der Waals surface area contributed by atoms with Crippen LogP contribution in [0.4, 0.5) is 4.39 Å². The lowest BCUT2D eigenvalue weighted by Crippen LogP contribution is -2.27. The van der Waals surface area contributed by atoms with Crippen LogP contribution >= 0.6 is 11.6 Å². The van der Waals surface area contributed by atoms with Crippen LogP contribution in [0, 0.1) is 5.82 Å². The van der Waals surface area contributed by atoms with Gasteiger partial charge in [0.15, 0.2) is 0 Å². The summed E-state index contributed by atoms with van der Waals surface area (Å²) in [5, 5.41) is 8.68. The third kappa shape index (κ3) is 3.63. The highest BCUT2D eigenvalue weighted by atomic mass is 35.5. The molecular formula is C10H13ClFNO4S. The molecule has 0 saturated carbocycles. The molecule has 0 fully saturated rings. The second-order valence-electron chi connectivity index (χ2n) is 3.43. The minimum absolute atomic E-state index is 0.0174. The van der Waals surface area contributed by atoms with Gasteiger partial charge in [0, 0.05) is 19.2 Å². The van der Waals surface area contributed by atoms with Gasteiger partial charge in [0.25, 0.3) is 0 Å². The van der Waals surface area contributed by atoms with Crippen molar-refractivity contribution < 1.29 is 22.7 Å². The molecular weight excluding hydrogens is 285 g/mol. The molecule has 0 spiro atoms. The van der Waals surface area contributed by atoms with E-state index in [0.717, 1.165) is 12.1 Å². The summed E-state index contributed by atoms with van der Waals surface area (Å²) in [7, 11) is -2.41. The molecule has 8 heteroatoms. The Labute approximate surface area is 110 Å². The predicted octanol–water partition coefficient (Wildman–Crippen LogP) is 0.896. The monoisotopic (exact) mass is 297 g/mol. The Kier molecular flexibility index (Phi) is 5.48. The number of hydrogen-bond donors (Lipinski definition) is 2. The van der Waals surface area contributed by atoms with Crippen molar-refractivity contribution in [3.63, 3.8) is 0 Å². The maximum Gasteiger partial charge on any atom is 0.240 e. The minimum atomic E-state index is -3.84. The first-order valence-corrected chi connectivity index (χ1v) is 6.86. The van der Waals surface area contributed by atoms with E-state index >= 15 is 0 Å². The van der Waals surface area contributed by atoms with Crippen LogP contribution in [0.25, 0.3) is 0 Å². The Morgan fingerprint density at radius 1 is 1.50 bits per heavy atom. The van der Waals surface area contributed by atoms with Crippen molar-refractivity contribution in [2.45, 2.75) is 11.5 Å². The molecule has 0 bridgehead atoms. The molecule has 2 N–H and O–H groups in total. The number of rotatable bonds is 6. The molecule has 0 atom stereocenters. The average Bonchev–Trinajstić information content (AvgIpc) is 2.32.